The van der Waals surface area contributed by atoms with Gasteiger partial charge in [0.25, 0.3) is 5.79 Å². The Kier molecular flexibility index (Phi) is 8.82. The predicted octanol–water partition coefficient (Wildman–Crippen LogP) is -1.93. The molecule has 0 spiro atoms. The lowest BCUT2D eigenvalue weighted by atomic mass is 9.88. The third-order valence-corrected chi connectivity index (χ3v) is 4.85. The van der Waals surface area contributed by atoms with E-state index in [9.17, 15) is 34.5 Å². The molecule has 1 saturated heterocycles. The molecule has 1 rings (SSSR count). The zero-order valence-corrected chi connectivity index (χ0v) is 16.7. The molecule has 4 N–H and O–H groups in total. The van der Waals surface area contributed by atoms with E-state index < -0.39 is 60.5 Å². The molecule has 0 bridgehead atoms. The number of nitrogens with one attached hydrogen (secondary N) is 1. The lowest BCUT2D eigenvalue weighted by Crippen LogP contribution is -2.67. The number of esters is 2. The van der Waals surface area contributed by atoms with Crippen LogP contribution >= 0.6 is 11.8 Å². The Balaban J connectivity index is 3.21. The molecule has 0 aliphatic carbocycles. The van der Waals surface area contributed by atoms with Gasteiger partial charge in [-0.15, -0.1) is 0 Å². The van der Waals surface area contributed by atoms with Crippen molar-refractivity contribution in [1.29, 1.82) is 0 Å². The van der Waals surface area contributed by atoms with Gasteiger partial charge in [0.2, 0.25) is 5.91 Å². The standard InChI is InChI=1S/C16H25NO10S/c1-7(18)17-12-10(21)5-16(24,15(23)25-4)27-14(12)13(22)11(26-8(2)19)6-28-9(3)20/h10-14,21-22,24H,5-6H2,1-4H3,(H,17,18)/t10-,11+,12+,13+,14+,16-/m0/s1. The number of carbonyl (C=O) groups is 4. The summed E-state index contributed by atoms with van der Waals surface area (Å²) in [6.07, 6.45) is -6.69. The lowest BCUT2D eigenvalue weighted by Gasteiger charge is -2.45. The van der Waals surface area contributed by atoms with Crippen LogP contribution in [-0.4, -0.2) is 87.4 Å². The van der Waals surface area contributed by atoms with E-state index in [0.717, 1.165) is 32.7 Å². The number of thioether (sulfide) groups is 1. The molecule has 28 heavy (non-hydrogen) atoms. The molecule has 160 valence electrons. The van der Waals surface area contributed by atoms with E-state index >= 15 is 0 Å². The highest BCUT2D eigenvalue weighted by Gasteiger charge is 2.54. The topological polar surface area (TPSA) is 169 Å². The van der Waals surface area contributed by atoms with Crippen LogP contribution < -0.4 is 5.32 Å². The molecule has 0 saturated carbocycles. The van der Waals surface area contributed by atoms with Gasteiger partial charge in [-0.05, 0) is 0 Å². The van der Waals surface area contributed by atoms with Crippen molar-refractivity contribution in [2.24, 2.45) is 0 Å². The van der Waals surface area contributed by atoms with Gasteiger partial charge in [-0.25, -0.2) is 4.79 Å². The van der Waals surface area contributed by atoms with E-state index in [1.165, 1.54) is 6.92 Å². The fourth-order valence-corrected chi connectivity index (χ4v) is 3.45. The maximum absolute atomic E-state index is 11.9. The number of carbonyl (C=O) groups excluding carboxylic acids is 4. The number of amides is 1. The van der Waals surface area contributed by atoms with Crippen molar-refractivity contribution in [3.8, 4) is 0 Å². The van der Waals surface area contributed by atoms with Gasteiger partial charge in [0.05, 0.1) is 19.3 Å². The first-order valence-corrected chi connectivity index (χ1v) is 9.32. The number of methoxy groups -OCH3 is 1. The molecule has 0 aromatic heterocycles. The Hall–Kier alpha value is -1.73. The highest BCUT2D eigenvalue weighted by atomic mass is 32.2. The molecule has 0 aromatic rings. The zero-order valence-electron chi connectivity index (χ0n) is 15.9. The molecule has 6 atom stereocenters. The number of hydrogen-bond acceptors (Lipinski definition) is 11. The van der Waals surface area contributed by atoms with Crippen LogP contribution in [-0.2, 0) is 33.4 Å². The molecule has 1 aliphatic rings. The van der Waals surface area contributed by atoms with E-state index in [0.29, 0.717) is 0 Å². The summed E-state index contributed by atoms with van der Waals surface area (Å²) in [5.41, 5.74) is 0. The molecule has 1 heterocycles. The van der Waals surface area contributed by atoms with E-state index in [-0.39, 0.29) is 10.9 Å². The monoisotopic (exact) mass is 423 g/mol. The first kappa shape index (κ1) is 24.3. The second-order valence-corrected chi connectivity index (χ2v) is 7.49. The fraction of sp³-hybridized carbons (Fsp3) is 0.750. The maximum Gasteiger partial charge on any atom is 0.366 e. The second-order valence-electron chi connectivity index (χ2n) is 6.30. The molecular weight excluding hydrogens is 398 g/mol. The van der Waals surface area contributed by atoms with Crippen LogP contribution in [0.25, 0.3) is 0 Å². The van der Waals surface area contributed by atoms with Crippen molar-refractivity contribution in [2.75, 3.05) is 12.9 Å². The number of ether oxygens (including phenoxy) is 3. The minimum atomic E-state index is -2.59. The SMILES string of the molecule is COC(=O)[C@]1(O)C[C@H](O)[C@@H](NC(C)=O)[C@H]([C@H](O)[C@@H](CSC(C)=O)OC(C)=O)O1. The molecule has 0 radical (unpaired) electrons. The van der Waals surface area contributed by atoms with Crippen LogP contribution in [0.15, 0.2) is 0 Å². The van der Waals surface area contributed by atoms with Crippen molar-refractivity contribution in [3.63, 3.8) is 0 Å². The van der Waals surface area contributed by atoms with E-state index in [2.05, 4.69) is 10.1 Å². The van der Waals surface area contributed by atoms with Crippen LogP contribution in [0.1, 0.15) is 27.2 Å². The molecule has 1 aliphatic heterocycles. The zero-order chi connectivity index (χ0) is 21.6. The van der Waals surface area contributed by atoms with E-state index in [1.54, 1.807) is 0 Å². The Morgan fingerprint density at radius 3 is 2.36 bits per heavy atom. The molecule has 0 aromatic carbocycles. The first-order chi connectivity index (χ1) is 12.9. The molecule has 1 amide bonds. The lowest BCUT2D eigenvalue weighted by molar-refractivity contribution is -0.295. The molecular formula is C16H25NO10S. The van der Waals surface area contributed by atoms with Gasteiger partial charge >= 0.3 is 11.9 Å². The molecule has 1 fully saturated rings. The van der Waals surface area contributed by atoms with Crippen molar-refractivity contribution in [1.82, 2.24) is 5.32 Å². The average Bonchev–Trinajstić information content (AvgIpc) is 2.58. The first-order valence-electron chi connectivity index (χ1n) is 8.33. The third kappa shape index (κ3) is 6.41. The predicted molar refractivity (Wildman–Crippen MR) is 94.8 cm³/mol. The Morgan fingerprint density at radius 1 is 1.29 bits per heavy atom. The smallest absolute Gasteiger partial charge is 0.366 e. The second kappa shape index (κ2) is 10.2. The number of aliphatic hydroxyl groups is 3. The van der Waals surface area contributed by atoms with Gasteiger partial charge in [-0.1, -0.05) is 11.8 Å². The summed E-state index contributed by atoms with van der Waals surface area (Å²) in [5.74, 6) is -5.30. The van der Waals surface area contributed by atoms with Gasteiger partial charge in [0.15, 0.2) is 5.12 Å². The Bertz CT molecular complexity index is 614. The van der Waals surface area contributed by atoms with Gasteiger partial charge in [-0.3, -0.25) is 14.4 Å². The van der Waals surface area contributed by atoms with Crippen molar-refractivity contribution in [3.05, 3.63) is 0 Å². The summed E-state index contributed by atoms with van der Waals surface area (Å²) >= 11 is 0.765. The normalized spacial score (nSPS) is 29.3. The van der Waals surface area contributed by atoms with Crippen LogP contribution in [0, 0.1) is 0 Å². The fourth-order valence-electron chi connectivity index (χ4n) is 2.79. The average molecular weight is 423 g/mol. The summed E-state index contributed by atoms with van der Waals surface area (Å²) in [5, 5.41) is 33.6. The number of rotatable bonds is 7. The largest absolute Gasteiger partial charge is 0.465 e. The van der Waals surface area contributed by atoms with Gasteiger partial charge in [0.1, 0.15) is 18.3 Å². The van der Waals surface area contributed by atoms with Crippen molar-refractivity contribution in [2.45, 2.75) is 63.4 Å². The summed E-state index contributed by atoms with van der Waals surface area (Å²) < 4.78 is 14.8. The Labute approximate surface area is 165 Å². The van der Waals surface area contributed by atoms with Gasteiger partial charge < -0.3 is 34.8 Å². The van der Waals surface area contributed by atoms with Gasteiger partial charge in [0, 0.05) is 32.9 Å². The highest BCUT2D eigenvalue weighted by Crippen LogP contribution is 2.32. The number of aliphatic hydroxyl groups excluding tert-OH is 2. The number of hydrogen-bond donors (Lipinski definition) is 4. The Morgan fingerprint density at radius 2 is 1.89 bits per heavy atom. The summed E-state index contributed by atoms with van der Waals surface area (Å²) in [6, 6.07) is -1.24. The third-order valence-electron chi connectivity index (χ3n) is 3.95. The van der Waals surface area contributed by atoms with E-state index in [4.69, 9.17) is 9.47 Å². The van der Waals surface area contributed by atoms with Crippen LogP contribution in [0.4, 0.5) is 0 Å². The molecule has 12 heteroatoms. The maximum atomic E-state index is 11.9. The van der Waals surface area contributed by atoms with Gasteiger partial charge in [-0.2, -0.15) is 0 Å². The molecule has 11 nitrogen and oxygen atoms in total. The van der Waals surface area contributed by atoms with E-state index in [1.807, 2.05) is 0 Å². The summed E-state index contributed by atoms with van der Waals surface area (Å²) in [7, 11) is 0.993. The highest BCUT2D eigenvalue weighted by molar-refractivity contribution is 8.13. The summed E-state index contributed by atoms with van der Waals surface area (Å²) in [6.45, 7) is 3.52. The molecule has 0 unspecified atom stereocenters. The summed E-state index contributed by atoms with van der Waals surface area (Å²) in [4.78, 5) is 46.0. The minimum Gasteiger partial charge on any atom is -0.465 e. The van der Waals surface area contributed by atoms with Crippen LogP contribution in [0.5, 0.6) is 0 Å². The van der Waals surface area contributed by atoms with Crippen molar-refractivity contribution >= 4 is 34.7 Å². The van der Waals surface area contributed by atoms with Crippen LogP contribution in [0.2, 0.25) is 0 Å². The quantitative estimate of drug-likeness (QED) is 0.337. The van der Waals surface area contributed by atoms with Crippen LogP contribution in [0.3, 0.4) is 0 Å². The minimum absolute atomic E-state index is 0.157. The van der Waals surface area contributed by atoms with Crippen molar-refractivity contribution < 1.29 is 48.7 Å².